The Kier molecular flexibility index (Phi) is 3.06. The first-order valence-electron chi connectivity index (χ1n) is 4.19. The van der Waals surface area contributed by atoms with Crippen LogP contribution in [0.3, 0.4) is 0 Å². The van der Waals surface area contributed by atoms with E-state index in [1.165, 1.54) is 11.1 Å². The number of benzene rings is 1. The van der Waals surface area contributed by atoms with Gasteiger partial charge in [-0.1, -0.05) is 42.0 Å². The van der Waals surface area contributed by atoms with Crippen molar-refractivity contribution in [2.24, 2.45) is 5.73 Å². The summed E-state index contributed by atoms with van der Waals surface area (Å²) in [5, 5.41) is 0. The van der Waals surface area contributed by atoms with Gasteiger partial charge in [0.15, 0.2) is 0 Å². The van der Waals surface area contributed by atoms with Gasteiger partial charge in [0.1, 0.15) is 0 Å². The molecule has 0 unspecified atom stereocenters. The van der Waals surface area contributed by atoms with Crippen molar-refractivity contribution in [3.05, 3.63) is 41.5 Å². The molecule has 0 saturated carbocycles. The fourth-order valence-electron chi connectivity index (χ4n) is 0.944. The van der Waals surface area contributed by atoms with Crippen molar-refractivity contribution in [2.45, 2.75) is 19.9 Å². The molecule has 0 bridgehead atoms. The minimum absolute atomic E-state index is 0.144. The predicted molar refractivity (Wildman–Crippen MR) is 53.7 cm³/mol. The summed E-state index contributed by atoms with van der Waals surface area (Å²) >= 11 is 0. The molecule has 1 nitrogen and oxygen atoms in total. The third-order valence-corrected chi connectivity index (χ3v) is 1.91. The average Bonchev–Trinajstić information content (AvgIpc) is 2.06. The van der Waals surface area contributed by atoms with Gasteiger partial charge in [0, 0.05) is 6.04 Å². The van der Waals surface area contributed by atoms with Crippen LogP contribution in [-0.2, 0) is 0 Å². The van der Waals surface area contributed by atoms with E-state index < -0.39 is 0 Å². The predicted octanol–water partition coefficient (Wildman–Crippen LogP) is 2.44. The average molecular weight is 161 g/mol. The molecule has 0 heterocycles. The highest BCUT2D eigenvalue weighted by Gasteiger charge is 1.95. The summed E-state index contributed by atoms with van der Waals surface area (Å²) in [5.74, 6) is 0. The number of hydrogen-bond acceptors (Lipinski definition) is 1. The van der Waals surface area contributed by atoms with E-state index in [1.54, 1.807) is 0 Å². The van der Waals surface area contributed by atoms with Crippen molar-refractivity contribution in [3.63, 3.8) is 0 Å². The zero-order valence-electron chi connectivity index (χ0n) is 7.62. The molecule has 2 N–H and O–H groups in total. The van der Waals surface area contributed by atoms with Gasteiger partial charge < -0.3 is 5.73 Å². The van der Waals surface area contributed by atoms with Crippen molar-refractivity contribution in [1.82, 2.24) is 0 Å². The molecule has 0 fully saturated rings. The minimum atomic E-state index is 0.144. The van der Waals surface area contributed by atoms with E-state index in [-0.39, 0.29) is 6.04 Å². The standard InChI is InChI=1S/C11H15N/c1-9(10(2)12)8-11-6-4-3-5-7-11/h3-8,10H,12H2,1-2H3/b9-8-/t10-/m0/s1. The summed E-state index contributed by atoms with van der Waals surface area (Å²) in [6.07, 6.45) is 2.12. The molecule has 12 heavy (non-hydrogen) atoms. The summed E-state index contributed by atoms with van der Waals surface area (Å²) in [6, 6.07) is 10.4. The lowest BCUT2D eigenvalue weighted by Crippen LogP contribution is -2.15. The Morgan fingerprint density at radius 2 is 1.92 bits per heavy atom. The van der Waals surface area contributed by atoms with Gasteiger partial charge in [-0.15, -0.1) is 0 Å². The van der Waals surface area contributed by atoms with Crippen LogP contribution < -0.4 is 5.73 Å². The van der Waals surface area contributed by atoms with E-state index in [1.807, 2.05) is 25.1 Å². The summed E-state index contributed by atoms with van der Waals surface area (Å²) < 4.78 is 0. The number of hydrogen-bond donors (Lipinski definition) is 1. The third kappa shape index (κ3) is 2.51. The molecule has 1 atom stereocenters. The van der Waals surface area contributed by atoms with Gasteiger partial charge in [-0.25, -0.2) is 0 Å². The van der Waals surface area contributed by atoms with Crippen LogP contribution in [0.1, 0.15) is 19.4 Å². The lowest BCUT2D eigenvalue weighted by atomic mass is 10.1. The van der Waals surface area contributed by atoms with Gasteiger partial charge in [0.25, 0.3) is 0 Å². The second-order valence-corrected chi connectivity index (χ2v) is 3.09. The van der Waals surface area contributed by atoms with E-state index in [0.717, 1.165) is 0 Å². The molecule has 0 saturated heterocycles. The van der Waals surface area contributed by atoms with Gasteiger partial charge in [-0.05, 0) is 19.4 Å². The minimum Gasteiger partial charge on any atom is -0.324 e. The first-order valence-corrected chi connectivity index (χ1v) is 4.19. The molecule has 0 amide bonds. The zero-order chi connectivity index (χ0) is 8.97. The van der Waals surface area contributed by atoms with Crippen molar-refractivity contribution >= 4 is 6.08 Å². The molecule has 0 aliphatic carbocycles. The molecule has 0 radical (unpaired) electrons. The zero-order valence-corrected chi connectivity index (χ0v) is 7.62. The van der Waals surface area contributed by atoms with E-state index in [0.29, 0.717) is 0 Å². The van der Waals surface area contributed by atoms with Crippen LogP contribution in [0.15, 0.2) is 35.9 Å². The Hall–Kier alpha value is -1.08. The van der Waals surface area contributed by atoms with E-state index in [4.69, 9.17) is 5.73 Å². The molecular formula is C11H15N. The quantitative estimate of drug-likeness (QED) is 0.708. The smallest absolute Gasteiger partial charge is 0.0225 e. The molecule has 1 rings (SSSR count). The van der Waals surface area contributed by atoms with Crippen molar-refractivity contribution in [2.75, 3.05) is 0 Å². The third-order valence-electron chi connectivity index (χ3n) is 1.91. The molecule has 0 spiro atoms. The maximum Gasteiger partial charge on any atom is 0.0225 e. The van der Waals surface area contributed by atoms with E-state index in [2.05, 4.69) is 25.1 Å². The Morgan fingerprint density at radius 3 is 2.42 bits per heavy atom. The fourth-order valence-corrected chi connectivity index (χ4v) is 0.944. The van der Waals surface area contributed by atoms with Crippen LogP contribution >= 0.6 is 0 Å². The Labute approximate surface area is 73.9 Å². The lowest BCUT2D eigenvalue weighted by molar-refractivity contribution is 0.868. The van der Waals surface area contributed by atoms with Crippen LogP contribution in [0.4, 0.5) is 0 Å². The van der Waals surface area contributed by atoms with Gasteiger partial charge in [0.05, 0.1) is 0 Å². The summed E-state index contributed by atoms with van der Waals surface area (Å²) in [7, 11) is 0. The molecule has 1 heteroatoms. The van der Waals surface area contributed by atoms with Crippen LogP contribution in [0.25, 0.3) is 6.08 Å². The molecule has 0 aromatic heterocycles. The van der Waals surface area contributed by atoms with Gasteiger partial charge >= 0.3 is 0 Å². The Morgan fingerprint density at radius 1 is 1.33 bits per heavy atom. The highest BCUT2D eigenvalue weighted by molar-refractivity contribution is 5.52. The van der Waals surface area contributed by atoms with Crippen LogP contribution in [-0.4, -0.2) is 6.04 Å². The van der Waals surface area contributed by atoms with Gasteiger partial charge in [-0.3, -0.25) is 0 Å². The van der Waals surface area contributed by atoms with Gasteiger partial charge in [0.2, 0.25) is 0 Å². The fraction of sp³-hybridized carbons (Fsp3) is 0.273. The number of nitrogens with two attached hydrogens (primary N) is 1. The summed E-state index contributed by atoms with van der Waals surface area (Å²) in [6.45, 7) is 4.05. The van der Waals surface area contributed by atoms with Crippen LogP contribution in [0.5, 0.6) is 0 Å². The SMILES string of the molecule is C/C(=C/c1ccccc1)[C@H](C)N. The normalized spacial score (nSPS) is 14.4. The van der Waals surface area contributed by atoms with Crippen molar-refractivity contribution in [1.29, 1.82) is 0 Å². The topological polar surface area (TPSA) is 26.0 Å². The van der Waals surface area contributed by atoms with Crippen molar-refractivity contribution in [3.8, 4) is 0 Å². The lowest BCUT2D eigenvalue weighted by Gasteiger charge is -2.04. The first kappa shape index (κ1) is 9.01. The van der Waals surface area contributed by atoms with E-state index >= 15 is 0 Å². The molecule has 0 aliphatic rings. The number of rotatable bonds is 2. The van der Waals surface area contributed by atoms with Crippen LogP contribution in [0, 0.1) is 0 Å². The molecule has 64 valence electrons. The highest BCUT2D eigenvalue weighted by Crippen LogP contribution is 2.07. The Bertz CT molecular complexity index is 260. The second-order valence-electron chi connectivity index (χ2n) is 3.09. The maximum absolute atomic E-state index is 5.72. The summed E-state index contributed by atoms with van der Waals surface area (Å²) in [4.78, 5) is 0. The van der Waals surface area contributed by atoms with Gasteiger partial charge in [-0.2, -0.15) is 0 Å². The van der Waals surface area contributed by atoms with Crippen LogP contribution in [0.2, 0.25) is 0 Å². The summed E-state index contributed by atoms with van der Waals surface area (Å²) in [5.41, 5.74) is 8.14. The molecule has 1 aromatic carbocycles. The second kappa shape index (κ2) is 4.07. The molecule has 1 aromatic rings. The molecular weight excluding hydrogens is 146 g/mol. The maximum atomic E-state index is 5.72. The van der Waals surface area contributed by atoms with Crippen molar-refractivity contribution < 1.29 is 0 Å². The highest BCUT2D eigenvalue weighted by atomic mass is 14.6. The molecule has 0 aliphatic heterocycles. The monoisotopic (exact) mass is 161 g/mol. The largest absolute Gasteiger partial charge is 0.324 e. The Balaban J connectivity index is 2.81. The van der Waals surface area contributed by atoms with E-state index in [9.17, 15) is 0 Å². The first-order chi connectivity index (χ1) is 5.70.